The van der Waals surface area contributed by atoms with Gasteiger partial charge < -0.3 is 19.9 Å². The van der Waals surface area contributed by atoms with Crippen LogP contribution in [0.15, 0.2) is 29.2 Å². The molecule has 0 aliphatic heterocycles. The highest BCUT2D eigenvalue weighted by Crippen LogP contribution is 2.30. The van der Waals surface area contributed by atoms with Gasteiger partial charge in [0.15, 0.2) is 0 Å². The maximum Gasteiger partial charge on any atom is 0.264 e. The summed E-state index contributed by atoms with van der Waals surface area (Å²) in [5, 5.41) is 0. The molecule has 0 aliphatic carbocycles. The SMILES string of the molecule is COCc1nc(NS(=O)(=O)c2ccc(N)cc2)nc(OC)c1OC. The summed E-state index contributed by atoms with van der Waals surface area (Å²) in [6.45, 7) is 0.0959. The third-order valence-corrected chi connectivity index (χ3v) is 4.34. The molecular formula is C14H18N4O5S. The number of sulfonamides is 1. The number of nitrogen functional groups attached to an aromatic ring is 1. The summed E-state index contributed by atoms with van der Waals surface area (Å²) in [5.74, 6) is 0.209. The quantitative estimate of drug-likeness (QED) is 0.706. The molecule has 0 spiro atoms. The van der Waals surface area contributed by atoms with Crippen molar-refractivity contribution in [2.75, 3.05) is 31.8 Å². The maximum atomic E-state index is 12.4. The molecule has 9 nitrogen and oxygen atoms in total. The van der Waals surface area contributed by atoms with Gasteiger partial charge in [-0.1, -0.05) is 0 Å². The van der Waals surface area contributed by atoms with Crippen LogP contribution in [0.25, 0.3) is 0 Å². The summed E-state index contributed by atoms with van der Waals surface area (Å²) in [5.41, 5.74) is 6.37. The van der Waals surface area contributed by atoms with Crippen molar-refractivity contribution in [2.24, 2.45) is 0 Å². The highest BCUT2D eigenvalue weighted by molar-refractivity contribution is 7.92. The highest BCUT2D eigenvalue weighted by atomic mass is 32.2. The van der Waals surface area contributed by atoms with E-state index in [-0.39, 0.29) is 29.1 Å². The lowest BCUT2D eigenvalue weighted by atomic mass is 10.3. The highest BCUT2D eigenvalue weighted by Gasteiger charge is 2.20. The Morgan fingerprint density at radius 3 is 2.29 bits per heavy atom. The first kappa shape index (κ1) is 17.8. The second-order valence-electron chi connectivity index (χ2n) is 4.64. The number of methoxy groups -OCH3 is 3. The van der Waals surface area contributed by atoms with Gasteiger partial charge in [0.05, 0.1) is 25.7 Å². The van der Waals surface area contributed by atoms with Crippen molar-refractivity contribution in [2.45, 2.75) is 11.5 Å². The van der Waals surface area contributed by atoms with E-state index in [2.05, 4.69) is 14.7 Å². The zero-order valence-electron chi connectivity index (χ0n) is 13.4. The normalized spacial score (nSPS) is 11.1. The Morgan fingerprint density at radius 1 is 1.08 bits per heavy atom. The molecule has 0 amide bonds. The second kappa shape index (κ2) is 7.32. The van der Waals surface area contributed by atoms with Crippen LogP contribution >= 0.6 is 0 Å². The van der Waals surface area contributed by atoms with Gasteiger partial charge in [0, 0.05) is 12.8 Å². The van der Waals surface area contributed by atoms with Crippen LogP contribution in [0.5, 0.6) is 11.6 Å². The molecule has 2 rings (SSSR count). The molecule has 0 radical (unpaired) electrons. The van der Waals surface area contributed by atoms with Crippen molar-refractivity contribution in [1.82, 2.24) is 9.97 Å². The number of anilines is 2. The molecular weight excluding hydrogens is 336 g/mol. The minimum Gasteiger partial charge on any atom is -0.490 e. The fourth-order valence-corrected chi connectivity index (χ4v) is 2.87. The fraction of sp³-hybridized carbons (Fsp3) is 0.286. The van der Waals surface area contributed by atoms with E-state index in [1.165, 1.54) is 45.6 Å². The number of nitrogens with two attached hydrogens (primary N) is 1. The van der Waals surface area contributed by atoms with Crippen LogP contribution in [0, 0.1) is 0 Å². The van der Waals surface area contributed by atoms with Gasteiger partial charge in [-0.3, -0.25) is 0 Å². The molecule has 24 heavy (non-hydrogen) atoms. The third kappa shape index (κ3) is 3.84. The molecule has 0 bridgehead atoms. The molecule has 0 saturated heterocycles. The molecule has 0 fully saturated rings. The van der Waals surface area contributed by atoms with Gasteiger partial charge in [0.1, 0.15) is 5.69 Å². The van der Waals surface area contributed by atoms with Crippen LogP contribution in [0.3, 0.4) is 0 Å². The summed E-state index contributed by atoms with van der Waals surface area (Å²) >= 11 is 0. The Kier molecular flexibility index (Phi) is 5.42. The number of ether oxygens (including phenoxy) is 3. The second-order valence-corrected chi connectivity index (χ2v) is 6.33. The topological polar surface area (TPSA) is 126 Å². The van der Waals surface area contributed by atoms with Crippen molar-refractivity contribution in [3.05, 3.63) is 30.0 Å². The Balaban J connectivity index is 2.41. The van der Waals surface area contributed by atoms with Crippen LogP contribution in [-0.4, -0.2) is 39.7 Å². The van der Waals surface area contributed by atoms with E-state index < -0.39 is 10.0 Å². The van der Waals surface area contributed by atoms with Gasteiger partial charge >= 0.3 is 0 Å². The molecule has 1 aromatic heterocycles. The number of rotatable bonds is 7. The van der Waals surface area contributed by atoms with E-state index in [0.717, 1.165) is 0 Å². The first-order valence-electron chi connectivity index (χ1n) is 6.77. The molecule has 130 valence electrons. The van der Waals surface area contributed by atoms with Gasteiger partial charge in [0.25, 0.3) is 15.9 Å². The lowest BCUT2D eigenvalue weighted by Gasteiger charge is -2.13. The lowest BCUT2D eigenvalue weighted by Crippen LogP contribution is -2.16. The third-order valence-electron chi connectivity index (χ3n) is 3.00. The number of hydrogen-bond acceptors (Lipinski definition) is 8. The molecule has 0 unspecified atom stereocenters. The molecule has 0 saturated carbocycles. The number of nitrogens with one attached hydrogen (secondary N) is 1. The van der Waals surface area contributed by atoms with E-state index >= 15 is 0 Å². The average Bonchev–Trinajstić information content (AvgIpc) is 2.54. The van der Waals surface area contributed by atoms with Crippen LogP contribution < -0.4 is 19.9 Å². The lowest BCUT2D eigenvalue weighted by molar-refractivity contribution is 0.176. The van der Waals surface area contributed by atoms with Crippen LogP contribution in [0.1, 0.15) is 5.69 Å². The first-order chi connectivity index (χ1) is 11.4. The zero-order chi connectivity index (χ0) is 17.7. The first-order valence-corrected chi connectivity index (χ1v) is 8.25. The predicted octanol–water partition coefficient (Wildman–Crippen LogP) is 1.02. The molecule has 10 heteroatoms. The number of hydrogen-bond donors (Lipinski definition) is 2. The van der Waals surface area contributed by atoms with Crippen molar-refractivity contribution in [3.63, 3.8) is 0 Å². The standard InChI is InChI=1S/C14H18N4O5S/c1-21-8-11-12(22-2)13(23-3)17-14(16-11)18-24(19,20)10-6-4-9(15)5-7-10/h4-7H,8,15H2,1-3H3,(H,16,17,18). The van der Waals surface area contributed by atoms with Crippen LogP contribution in [-0.2, 0) is 21.4 Å². The minimum absolute atomic E-state index is 0.0309. The Labute approximate surface area is 139 Å². The smallest absolute Gasteiger partial charge is 0.264 e. The largest absolute Gasteiger partial charge is 0.490 e. The molecule has 0 atom stereocenters. The van der Waals surface area contributed by atoms with Crippen LogP contribution in [0.4, 0.5) is 11.6 Å². The molecule has 3 N–H and O–H groups in total. The summed E-state index contributed by atoms with van der Waals surface area (Å²) < 4.78 is 42.4. The molecule has 2 aromatic rings. The van der Waals surface area contributed by atoms with E-state index in [1.54, 1.807) is 0 Å². The summed E-state index contributed by atoms with van der Waals surface area (Å²) in [6.07, 6.45) is 0. The Hall–Kier alpha value is -2.59. The van der Waals surface area contributed by atoms with Gasteiger partial charge in [-0.05, 0) is 24.3 Å². The number of benzene rings is 1. The molecule has 0 aliphatic rings. The van der Waals surface area contributed by atoms with Crippen molar-refractivity contribution in [3.8, 4) is 11.6 Å². The van der Waals surface area contributed by atoms with E-state index in [9.17, 15) is 8.42 Å². The summed E-state index contributed by atoms with van der Waals surface area (Å²) in [4.78, 5) is 8.15. The molecule has 1 heterocycles. The van der Waals surface area contributed by atoms with Crippen molar-refractivity contribution < 1.29 is 22.6 Å². The Morgan fingerprint density at radius 2 is 1.75 bits per heavy atom. The van der Waals surface area contributed by atoms with Gasteiger partial charge in [-0.25, -0.2) is 18.1 Å². The zero-order valence-corrected chi connectivity index (χ0v) is 14.3. The maximum absolute atomic E-state index is 12.4. The average molecular weight is 354 g/mol. The minimum atomic E-state index is -3.87. The monoisotopic (exact) mass is 354 g/mol. The fourth-order valence-electron chi connectivity index (χ4n) is 1.92. The number of aromatic nitrogens is 2. The van der Waals surface area contributed by atoms with E-state index in [4.69, 9.17) is 19.9 Å². The predicted molar refractivity (Wildman–Crippen MR) is 87.5 cm³/mol. The van der Waals surface area contributed by atoms with Crippen molar-refractivity contribution >= 4 is 21.7 Å². The Bertz CT molecular complexity index is 809. The van der Waals surface area contributed by atoms with Gasteiger partial charge in [-0.15, -0.1) is 0 Å². The van der Waals surface area contributed by atoms with Gasteiger partial charge in [0.2, 0.25) is 11.7 Å². The van der Waals surface area contributed by atoms with E-state index in [0.29, 0.717) is 11.4 Å². The number of nitrogens with zero attached hydrogens (tertiary/aromatic N) is 2. The van der Waals surface area contributed by atoms with Gasteiger partial charge in [-0.2, -0.15) is 4.98 Å². The summed E-state index contributed by atoms with van der Waals surface area (Å²) in [7, 11) is 0.422. The molecule has 1 aromatic carbocycles. The summed E-state index contributed by atoms with van der Waals surface area (Å²) in [6, 6.07) is 5.74. The van der Waals surface area contributed by atoms with Crippen molar-refractivity contribution in [1.29, 1.82) is 0 Å². The van der Waals surface area contributed by atoms with Crippen LogP contribution in [0.2, 0.25) is 0 Å². The van der Waals surface area contributed by atoms with E-state index in [1.807, 2.05) is 0 Å².